The third-order valence-corrected chi connectivity index (χ3v) is 3.22. The number of benzene rings is 1. The Labute approximate surface area is 101 Å². The Morgan fingerprint density at radius 3 is 2.76 bits per heavy atom. The Balaban J connectivity index is 1.99. The van der Waals surface area contributed by atoms with Crippen LogP contribution in [-0.4, -0.2) is 17.8 Å². The maximum Gasteiger partial charge on any atom is 0.134 e. The van der Waals surface area contributed by atoms with E-state index in [1.54, 1.807) is 0 Å². The van der Waals surface area contributed by atoms with Crippen molar-refractivity contribution in [2.75, 3.05) is 6.61 Å². The third-order valence-electron chi connectivity index (χ3n) is 3.22. The van der Waals surface area contributed by atoms with E-state index >= 15 is 0 Å². The van der Waals surface area contributed by atoms with Gasteiger partial charge in [0.15, 0.2) is 0 Å². The van der Waals surface area contributed by atoms with Crippen molar-refractivity contribution >= 4 is 11.0 Å². The van der Waals surface area contributed by atoms with Crippen LogP contribution in [0.4, 0.5) is 0 Å². The highest BCUT2D eigenvalue weighted by molar-refractivity contribution is 5.77. The topological polar surface area (TPSA) is 45.4 Å². The van der Waals surface area contributed by atoms with Crippen molar-refractivity contribution in [2.45, 2.75) is 26.4 Å². The molecule has 0 bridgehead atoms. The molecule has 2 N–H and O–H groups in total. The van der Waals surface area contributed by atoms with Crippen molar-refractivity contribution in [3.63, 3.8) is 0 Å². The molecule has 0 saturated carbocycles. The van der Waals surface area contributed by atoms with Gasteiger partial charge >= 0.3 is 0 Å². The fraction of sp³-hybridized carbons (Fsp3) is 0.429. The number of rotatable bonds is 5. The molecule has 0 aliphatic heterocycles. The summed E-state index contributed by atoms with van der Waals surface area (Å²) >= 11 is 0. The standard InChI is InChI=1S/C14H19NO2/c1-10(9-16)11(2)15-8-13-7-12-5-3-4-6-14(12)17-13/h3-7,10-11,15-16H,8-9H2,1-2H3. The van der Waals surface area contributed by atoms with Crippen LogP contribution in [0.5, 0.6) is 0 Å². The van der Waals surface area contributed by atoms with Gasteiger partial charge in [-0.25, -0.2) is 0 Å². The minimum atomic E-state index is 0.203. The lowest BCUT2D eigenvalue weighted by molar-refractivity contribution is 0.205. The molecule has 2 aromatic rings. The first-order valence-electron chi connectivity index (χ1n) is 6.02. The molecule has 0 amide bonds. The van der Waals surface area contributed by atoms with Gasteiger partial charge < -0.3 is 14.8 Å². The molecular formula is C14H19NO2. The Hall–Kier alpha value is -1.32. The van der Waals surface area contributed by atoms with E-state index in [0.29, 0.717) is 6.54 Å². The van der Waals surface area contributed by atoms with Crippen molar-refractivity contribution in [3.8, 4) is 0 Å². The van der Waals surface area contributed by atoms with Gasteiger partial charge in [0.2, 0.25) is 0 Å². The van der Waals surface area contributed by atoms with E-state index < -0.39 is 0 Å². The summed E-state index contributed by atoms with van der Waals surface area (Å²) in [7, 11) is 0. The molecule has 0 spiro atoms. The van der Waals surface area contributed by atoms with Crippen molar-refractivity contribution in [3.05, 3.63) is 36.1 Å². The number of fused-ring (bicyclic) bond motifs is 1. The molecule has 1 aromatic carbocycles. The number of nitrogens with one attached hydrogen (secondary N) is 1. The maximum absolute atomic E-state index is 9.05. The molecule has 2 rings (SSSR count). The summed E-state index contributed by atoms with van der Waals surface area (Å²) in [6.07, 6.45) is 0. The van der Waals surface area contributed by atoms with Crippen molar-refractivity contribution < 1.29 is 9.52 Å². The summed E-state index contributed by atoms with van der Waals surface area (Å²) in [5, 5.41) is 13.5. The second kappa shape index (κ2) is 5.34. The SMILES string of the molecule is CC(CO)C(C)NCc1cc2ccccc2o1. The smallest absolute Gasteiger partial charge is 0.134 e. The minimum Gasteiger partial charge on any atom is -0.460 e. The normalized spacial score (nSPS) is 15.0. The van der Waals surface area contributed by atoms with E-state index in [4.69, 9.17) is 9.52 Å². The summed E-state index contributed by atoms with van der Waals surface area (Å²) in [6, 6.07) is 10.3. The summed E-state index contributed by atoms with van der Waals surface area (Å²) in [5.74, 6) is 1.18. The van der Waals surface area contributed by atoms with Gasteiger partial charge in [0, 0.05) is 18.0 Å². The number of aliphatic hydroxyl groups excluding tert-OH is 1. The molecule has 0 aliphatic carbocycles. The van der Waals surface area contributed by atoms with Gasteiger partial charge in [-0.05, 0) is 25.0 Å². The zero-order valence-corrected chi connectivity index (χ0v) is 10.3. The predicted molar refractivity (Wildman–Crippen MR) is 68.8 cm³/mol. The van der Waals surface area contributed by atoms with E-state index in [-0.39, 0.29) is 18.6 Å². The second-order valence-corrected chi connectivity index (χ2v) is 4.58. The average Bonchev–Trinajstić information content (AvgIpc) is 2.77. The molecule has 3 heteroatoms. The van der Waals surface area contributed by atoms with E-state index in [1.165, 1.54) is 0 Å². The van der Waals surface area contributed by atoms with Gasteiger partial charge in [-0.3, -0.25) is 0 Å². The van der Waals surface area contributed by atoms with Gasteiger partial charge in [0.1, 0.15) is 11.3 Å². The highest BCUT2D eigenvalue weighted by Crippen LogP contribution is 2.18. The van der Waals surface area contributed by atoms with Crippen LogP contribution in [0.15, 0.2) is 34.7 Å². The molecule has 2 atom stereocenters. The number of furan rings is 1. The first-order valence-corrected chi connectivity index (χ1v) is 6.02. The molecule has 17 heavy (non-hydrogen) atoms. The summed E-state index contributed by atoms with van der Waals surface area (Å²) < 4.78 is 5.71. The third kappa shape index (κ3) is 2.87. The predicted octanol–water partition coefficient (Wildman–Crippen LogP) is 2.54. The largest absolute Gasteiger partial charge is 0.460 e. The maximum atomic E-state index is 9.05. The van der Waals surface area contributed by atoms with Crippen LogP contribution < -0.4 is 5.32 Å². The minimum absolute atomic E-state index is 0.203. The van der Waals surface area contributed by atoms with Crippen LogP contribution in [0.2, 0.25) is 0 Å². The molecule has 2 unspecified atom stereocenters. The van der Waals surface area contributed by atoms with E-state index in [9.17, 15) is 0 Å². The Morgan fingerprint density at radius 1 is 1.29 bits per heavy atom. The number of hydrogen-bond donors (Lipinski definition) is 2. The zero-order valence-electron chi connectivity index (χ0n) is 10.3. The van der Waals surface area contributed by atoms with Crippen molar-refractivity contribution in [1.29, 1.82) is 0 Å². The van der Waals surface area contributed by atoms with Crippen LogP contribution >= 0.6 is 0 Å². The fourth-order valence-electron chi connectivity index (χ4n) is 1.74. The van der Waals surface area contributed by atoms with Gasteiger partial charge in [-0.2, -0.15) is 0 Å². The lowest BCUT2D eigenvalue weighted by atomic mass is 10.1. The van der Waals surface area contributed by atoms with E-state index in [1.807, 2.05) is 31.2 Å². The molecule has 1 heterocycles. The van der Waals surface area contributed by atoms with Gasteiger partial charge in [0.05, 0.1) is 6.54 Å². The summed E-state index contributed by atoms with van der Waals surface area (Å²) in [5.41, 5.74) is 0.923. The molecule has 3 nitrogen and oxygen atoms in total. The van der Waals surface area contributed by atoms with Crippen LogP contribution in [0.1, 0.15) is 19.6 Å². The quantitative estimate of drug-likeness (QED) is 0.834. The zero-order chi connectivity index (χ0) is 12.3. The Morgan fingerprint density at radius 2 is 2.06 bits per heavy atom. The molecule has 0 saturated heterocycles. The number of aliphatic hydroxyl groups is 1. The average molecular weight is 233 g/mol. The molecule has 0 fully saturated rings. The van der Waals surface area contributed by atoms with Gasteiger partial charge in [-0.15, -0.1) is 0 Å². The monoisotopic (exact) mass is 233 g/mol. The van der Waals surface area contributed by atoms with Crippen LogP contribution in [0, 0.1) is 5.92 Å². The lowest BCUT2D eigenvalue weighted by Gasteiger charge is -2.18. The first-order chi connectivity index (χ1) is 8.20. The van der Waals surface area contributed by atoms with Crippen LogP contribution in [0.3, 0.4) is 0 Å². The van der Waals surface area contributed by atoms with Gasteiger partial charge in [0.25, 0.3) is 0 Å². The number of para-hydroxylation sites is 1. The Kier molecular flexibility index (Phi) is 3.82. The molecule has 1 aromatic heterocycles. The first kappa shape index (κ1) is 12.1. The molecular weight excluding hydrogens is 214 g/mol. The fourth-order valence-corrected chi connectivity index (χ4v) is 1.74. The van der Waals surface area contributed by atoms with Crippen LogP contribution in [0.25, 0.3) is 11.0 Å². The van der Waals surface area contributed by atoms with Gasteiger partial charge in [-0.1, -0.05) is 25.1 Å². The molecule has 0 radical (unpaired) electrons. The highest BCUT2D eigenvalue weighted by Gasteiger charge is 2.11. The lowest BCUT2D eigenvalue weighted by Crippen LogP contribution is -2.33. The summed E-state index contributed by atoms with van der Waals surface area (Å²) in [6.45, 7) is 4.99. The second-order valence-electron chi connectivity index (χ2n) is 4.58. The summed E-state index contributed by atoms with van der Waals surface area (Å²) in [4.78, 5) is 0. The van der Waals surface area contributed by atoms with Crippen molar-refractivity contribution in [2.24, 2.45) is 5.92 Å². The highest BCUT2D eigenvalue weighted by atomic mass is 16.3. The Bertz CT molecular complexity index is 445. The molecule has 92 valence electrons. The van der Waals surface area contributed by atoms with Crippen molar-refractivity contribution in [1.82, 2.24) is 5.32 Å². The van der Waals surface area contributed by atoms with E-state index in [2.05, 4.69) is 18.3 Å². The molecule has 0 aliphatic rings. The van der Waals surface area contributed by atoms with Crippen LogP contribution in [-0.2, 0) is 6.54 Å². The number of hydrogen-bond acceptors (Lipinski definition) is 3. The van der Waals surface area contributed by atoms with E-state index in [0.717, 1.165) is 16.7 Å².